The molecular weight excluding hydrogens is 2090 g/mol. The van der Waals surface area contributed by atoms with E-state index in [4.69, 9.17) is 15.0 Å². The largest absolute Gasteiger partial charge is 0.340 e. The van der Waals surface area contributed by atoms with Gasteiger partial charge in [0, 0.05) is 130 Å². The molecule has 0 amide bonds. The molecule has 649 valence electrons. The summed E-state index contributed by atoms with van der Waals surface area (Å²) in [7, 11) is 0. The zero-order chi connectivity index (χ0) is 87.5. The van der Waals surface area contributed by atoms with E-state index in [0.29, 0.717) is 0 Å². The summed E-state index contributed by atoms with van der Waals surface area (Å²) in [6.07, 6.45) is 12.7. The van der Waals surface area contributed by atoms with Gasteiger partial charge in [-0.05, 0) is 242 Å². The van der Waals surface area contributed by atoms with Crippen LogP contribution in [0.5, 0.6) is 0 Å². The second kappa shape index (κ2) is 43.1. The third-order valence-corrected chi connectivity index (χ3v) is 23.4. The van der Waals surface area contributed by atoms with Gasteiger partial charge in [-0.1, -0.05) is 213 Å². The SMILES string of the molecule is CCCc1ccc(-c2cc(-c3ccc(CCC)cc3)cc(-c3cc[c-]c(-c4nc(-c5ccccc5)cn4-c4c(C)cccc4C)c3)c2)cc1.Cc1cc(C)c(-n2cc(-c3ccc(C)c(C)c3)nc2-c2[c-]cccc2)c(C)c1.Cc1cc(C)c(-n2ccnc2-c2[c-]cccc2)c(C)c1.Cc1cccc(-c2nc(-c3[c-]cccc3)n(-c3c(C)cc(C)cc3C)c2C)c1.[Ir].[Ir].[Ir]. The van der Waals surface area contributed by atoms with Gasteiger partial charge in [0.05, 0.1) is 40.4 Å². The van der Waals surface area contributed by atoms with Crippen molar-refractivity contribution in [2.24, 2.45) is 0 Å². The van der Waals surface area contributed by atoms with E-state index in [2.05, 4.69) is 390 Å². The standard InChI is InChI=1S/C47H43N2.2C26H25N2.C18H17N2.3Ir/c1-5-12-35-20-24-37(25-21-35)42-29-43(38-26-22-36(13-6-2)23-27-38)31-44(30-42)40-18-11-19-41(28-40)47-48-45(39-16-8-7-9-17-39)32-49(47)46-33(3)14-10-15-34(46)4;1-17-10-9-13-23(16-17)24-21(5)28(25-19(3)14-18(2)15-20(25)4)26(27-24)22-11-7-6-8-12-22;1-17-13-20(4)25(21(5)14-17)28-16-24(23-12-11-18(2)19(3)15-23)27-26(28)22-9-7-6-8-10-22;1-13-11-14(2)17(15(3)12-13)20-10-9-19-18(20)16-7-5-4-6-8-16;;;/h7-11,14-18,20-32H,5-6,12-13H2,1-4H3;6-11,13-16H,1-5H3;6-9,11-16H,1-5H3;4-7,9-12H,1-3H3;;;/q4*-1;;;. The molecule has 0 aliphatic heterocycles. The molecule has 14 aromatic carbocycles. The zero-order valence-corrected chi connectivity index (χ0v) is 83.5. The molecule has 0 saturated carbocycles. The summed E-state index contributed by atoms with van der Waals surface area (Å²) in [6.45, 7) is 36.8. The minimum atomic E-state index is 0. The molecule has 0 aliphatic carbocycles. The van der Waals surface area contributed by atoms with Gasteiger partial charge >= 0.3 is 0 Å². The van der Waals surface area contributed by atoms with E-state index >= 15 is 0 Å². The molecule has 18 rings (SSSR count). The van der Waals surface area contributed by atoms with Crippen LogP contribution in [0.1, 0.15) is 121 Å². The van der Waals surface area contributed by atoms with E-state index in [1.165, 1.54) is 134 Å². The summed E-state index contributed by atoms with van der Waals surface area (Å²) < 4.78 is 8.92. The van der Waals surface area contributed by atoms with Crippen molar-refractivity contribution in [3.63, 3.8) is 0 Å². The number of aromatic nitrogens is 8. The van der Waals surface area contributed by atoms with Crippen molar-refractivity contribution < 1.29 is 60.3 Å². The molecule has 0 saturated heterocycles. The Kier molecular flexibility index (Phi) is 32.0. The maximum Gasteiger partial charge on any atom is 0.0801 e. The zero-order valence-electron chi connectivity index (χ0n) is 76.4. The van der Waals surface area contributed by atoms with Crippen LogP contribution in [0.15, 0.2) is 310 Å². The maximum atomic E-state index is 5.25. The Labute approximate surface area is 799 Å². The second-order valence-corrected chi connectivity index (χ2v) is 33.5. The molecule has 0 unspecified atom stereocenters. The van der Waals surface area contributed by atoms with Crippen molar-refractivity contribution in [2.45, 2.75) is 143 Å². The van der Waals surface area contributed by atoms with Crippen molar-refractivity contribution in [1.29, 1.82) is 0 Å². The van der Waals surface area contributed by atoms with Crippen LogP contribution in [-0.2, 0) is 73.2 Å². The van der Waals surface area contributed by atoms with E-state index in [1.54, 1.807) is 0 Å². The minimum absolute atomic E-state index is 0. The van der Waals surface area contributed by atoms with Gasteiger partial charge in [-0.25, -0.2) is 0 Å². The van der Waals surface area contributed by atoms with Crippen molar-refractivity contribution in [3.05, 3.63) is 429 Å². The average molecular weight is 2200 g/mol. The van der Waals surface area contributed by atoms with Crippen molar-refractivity contribution in [3.8, 4) is 135 Å². The molecule has 18 aromatic rings. The first-order valence-corrected chi connectivity index (χ1v) is 43.7. The smallest absolute Gasteiger partial charge is 0.0801 e. The van der Waals surface area contributed by atoms with E-state index in [-0.39, 0.29) is 60.3 Å². The Morgan fingerprint density at radius 2 is 0.688 bits per heavy atom. The fraction of sp³-hybridized carbons (Fsp3) is 0.179. The Bertz CT molecular complexity index is 6670. The number of hydrogen-bond acceptors (Lipinski definition) is 4. The molecule has 8 nitrogen and oxygen atoms in total. The molecule has 128 heavy (non-hydrogen) atoms. The van der Waals surface area contributed by atoms with Gasteiger partial charge in [0.25, 0.3) is 0 Å². The monoisotopic (exact) mass is 2210 g/mol. The van der Waals surface area contributed by atoms with E-state index in [9.17, 15) is 0 Å². The molecule has 0 bridgehead atoms. The van der Waals surface area contributed by atoms with Crippen LogP contribution < -0.4 is 0 Å². The summed E-state index contributed by atoms with van der Waals surface area (Å²) in [6, 6.07) is 115. The van der Waals surface area contributed by atoms with Crippen LogP contribution in [-0.4, -0.2) is 38.2 Å². The Morgan fingerprint density at radius 3 is 1.17 bits per heavy atom. The van der Waals surface area contributed by atoms with Gasteiger partial charge in [-0.3, -0.25) is 19.9 Å². The first-order chi connectivity index (χ1) is 60.6. The molecule has 11 heteroatoms. The number of imidazole rings is 4. The summed E-state index contributed by atoms with van der Waals surface area (Å²) in [4.78, 5) is 19.9. The van der Waals surface area contributed by atoms with Gasteiger partial charge in [0.15, 0.2) is 0 Å². The van der Waals surface area contributed by atoms with Crippen molar-refractivity contribution in [2.75, 3.05) is 0 Å². The van der Waals surface area contributed by atoms with Crippen LogP contribution >= 0.6 is 0 Å². The Morgan fingerprint density at radius 1 is 0.266 bits per heavy atom. The topological polar surface area (TPSA) is 71.3 Å². The van der Waals surface area contributed by atoms with Gasteiger partial charge in [0.2, 0.25) is 0 Å². The summed E-state index contributed by atoms with van der Waals surface area (Å²) in [5.74, 6) is 3.67. The molecule has 0 N–H and O–H groups in total. The summed E-state index contributed by atoms with van der Waals surface area (Å²) in [5, 5.41) is 0. The maximum absolute atomic E-state index is 5.25. The van der Waals surface area contributed by atoms with Crippen LogP contribution in [0.25, 0.3) is 135 Å². The van der Waals surface area contributed by atoms with Crippen LogP contribution in [0.4, 0.5) is 0 Å². The van der Waals surface area contributed by atoms with Crippen LogP contribution in [0.2, 0.25) is 0 Å². The second-order valence-electron chi connectivity index (χ2n) is 33.5. The first kappa shape index (κ1) is 95.0. The number of benzene rings is 14. The van der Waals surface area contributed by atoms with Crippen molar-refractivity contribution in [1.82, 2.24) is 38.2 Å². The minimum Gasteiger partial charge on any atom is -0.340 e. The predicted octanol–water partition coefficient (Wildman–Crippen LogP) is 29.9. The summed E-state index contributed by atoms with van der Waals surface area (Å²) >= 11 is 0. The Hall–Kier alpha value is -12.1. The first-order valence-electron chi connectivity index (χ1n) is 43.7. The average Bonchev–Trinajstić information content (AvgIpc) is 1.60. The molecule has 0 fully saturated rings. The number of hydrogen-bond donors (Lipinski definition) is 0. The summed E-state index contributed by atoms with van der Waals surface area (Å²) in [5.41, 5.74) is 43.8. The fourth-order valence-corrected chi connectivity index (χ4v) is 17.6. The number of rotatable bonds is 18. The van der Waals surface area contributed by atoms with Crippen LogP contribution in [0, 0.1) is 128 Å². The van der Waals surface area contributed by atoms with Crippen LogP contribution in [0.3, 0.4) is 0 Å². The molecule has 3 radical (unpaired) electrons. The van der Waals surface area contributed by atoms with E-state index in [0.717, 1.165) is 122 Å². The van der Waals surface area contributed by atoms with Crippen molar-refractivity contribution >= 4 is 0 Å². The van der Waals surface area contributed by atoms with Gasteiger partial charge in [0.1, 0.15) is 0 Å². The third kappa shape index (κ3) is 21.6. The van der Waals surface area contributed by atoms with Gasteiger partial charge in [-0.2, -0.15) is 0 Å². The molecule has 0 spiro atoms. The van der Waals surface area contributed by atoms with E-state index in [1.807, 2.05) is 85.2 Å². The number of para-hydroxylation sites is 1. The third-order valence-electron chi connectivity index (χ3n) is 23.4. The van der Waals surface area contributed by atoms with Gasteiger partial charge in [-0.15, -0.1) is 143 Å². The normalized spacial score (nSPS) is 10.8. The Balaban J connectivity index is 0.000000163. The molecule has 4 aromatic heterocycles. The number of aryl methyl sites for hydroxylation is 16. The quantitative estimate of drug-likeness (QED) is 0.0803. The fourth-order valence-electron chi connectivity index (χ4n) is 17.6. The molecule has 4 heterocycles. The molecular formula is C117H110Ir3N8-4. The molecule has 0 aliphatic rings. The predicted molar refractivity (Wildman–Crippen MR) is 523 cm³/mol. The molecule has 0 atom stereocenters. The van der Waals surface area contributed by atoms with E-state index < -0.39 is 0 Å². The number of nitrogens with zero attached hydrogens (tertiary/aromatic N) is 8. The van der Waals surface area contributed by atoms with Gasteiger partial charge < -0.3 is 18.3 Å².